The second-order valence-corrected chi connectivity index (χ2v) is 5.97. The van der Waals surface area contributed by atoms with Gasteiger partial charge in [-0.3, -0.25) is 4.90 Å². The highest BCUT2D eigenvalue weighted by atomic mass is 79.9. The fourth-order valence-corrected chi connectivity index (χ4v) is 2.82. The van der Waals surface area contributed by atoms with Gasteiger partial charge in [0, 0.05) is 11.0 Å². The van der Waals surface area contributed by atoms with Crippen molar-refractivity contribution in [1.29, 1.82) is 0 Å². The number of nitrogens with zero attached hydrogens (tertiary/aromatic N) is 1. The van der Waals surface area contributed by atoms with Crippen molar-refractivity contribution < 1.29 is 0 Å². The van der Waals surface area contributed by atoms with Crippen LogP contribution in [0.2, 0.25) is 5.02 Å². The van der Waals surface area contributed by atoms with E-state index in [1.807, 2.05) is 6.07 Å². The normalized spacial score (nSPS) is 18.5. The molecular formula is C13H18BrClN2. The Morgan fingerprint density at radius 2 is 2.06 bits per heavy atom. The third-order valence-electron chi connectivity index (χ3n) is 3.43. The van der Waals surface area contributed by atoms with E-state index in [-0.39, 0.29) is 0 Å². The zero-order chi connectivity index (χ0) is 12.3. The molecule has 1 aliphatic heterocycles. The molecule has 0 aromatic heterocycles. The molecule has 2 nitrogen and oxygen atoms in total. The van der Waals surface area contributed by atoms with Gasteiger partial charge in [0.1, 0.15) is 0 Å². The molecular weight excluding hydrogens is 300 g/mol. The molecule has 1 saturated heterocycles. The van der Waals surface area contributed by atoms with Crippen molar-refractivity contribution in [2.24, 2.45) is 11.7 Å². The zero-order valence-electron chi connectivity index (χ0n) is 9.83. The lowest BCUT2D eigenvalue weighted by Gasteiger charge is -2.31. The van der Waals surface area contributed by atoms with Gasteiger partial charge in [-0.15, -0.1) is 0 Å². The number of hydrogen-bond donors (Lipinski definition) is 1. The van der Waals surface area contributed by atoms with E-state index in [1.54, 1.807) is 0 Å². The summed E-state index contributed by atoms with van der Waals surface area (Å²) in [6.45, 7) is 4.15. The van der Waals surface area contributed by atoms with Crippen LogP contribution in [0.3, 0.4) is 0 Å². The number of benzene rings is 1. The predicted molar refractivity (Wildman–Crippen MR) is 76.2 cm³/mol. The first-order chi connectivity index (χ1) is 8.19. The third kappa shape index (κ3) is 3.68. The van der Waals surface area contributed by atoms with E-state index < -0.39 is 0 Å². The van der Waals surface area contributed by atoms with Crippen LogP contribution in [0.15, 0.2) is 22.7 Å². The van der Waals surface area contributed by atoms with E-state index >= 15 is 0 Å². The molecule has 1 aliphatic rings. The highest BCUT2D eigenvalue weighted by Gasteiger charge is 2.17. The van der Waals surface area contributed by atoms with Crippen LogP contribution in [0.4, 0.5) is 0 Å². The Morgan fingerprint density at radius 3 is 2.65 bits per heavy atom. The summed E-state index contributed by atoms with van der Waals surface area (Å²) in [7, 11) is 0. The van der Waals surface area contributed by atoms with Crippen molar-refractivity contribution in [1.82, 2.24) is 4.90 Å². The van der Waals surface area contributed by atoms with Gasteiger partial charge in [-0.25, -0.2) is 0 Å². The Labute approximate surface area is 116 Å². The molecule has 1 heterocycles. The van der Waals surface area contributed by atoms with Crippen molar-refractivity contribution in [3.63, 3.8) is 0 Å². The molecule has 0 atom stereocenters. The van der Waals surface area contributed by atoms with Crippen molar-refractivity contribution in [3.8, 4) is 0 Å². The molecule has 0 saturated carbocycles. The number of piperidine rings is 1. The Hall–Kier alpha value is -0.0900. The maximum Gasteiger partial charge on any atom is 0.0548 e. The van der Waals surface area contributed by atoms with Gasteiger partial charge in [0.15, 0.2) is 0 Å². The minimum Gasteiger partial charge on any atom is -0.330 e. The number of halogens is 2. The Morgan fingerprint density at radius 1 is 1.35 bits per heavy atom. The third-order valence-corrected chi connectivity index (χ3v) is 4.64. The van der Waals surface area contributed by atoms with E-state index in [2.05, 4.69) is 33.0 Å². The molecule has 0 bridgehead atoms. The number of hydrogen-bond acceptors (Lipinski definition) is 2. The maximum atomic E-state index is 5.99. The predicted octanol–water partition coefficient (Wildman–Crippen LogP) is 3.27. The highest BCUT2D eigenvalue weighted by Crippen LogP contribution is 2.25. The van der Waals surface area contributed by atoms with Gasteiger partial charge in [-0.1, -0.05) is 17.7 Å². The van der Waals surface area contributed by atoms with Crippen LogP contribution in [0.1, 0.15) is 18.4 Å². The lowest BCUT2D eigenvalue weighted by Crippen LogP contribution is -2.35. The van der Waals surface area contributed by atoms with Crippen molar-refractivity contribution in [3.05, 3.63) is 33.3 Å². The summed E-state index contributed by atoms with van der Waals surface area (Å²) in [5, 5.41) is 0.774. The van der Waals surface area contributed by atoms with Gasteiger partial charge in [-0.2, -0.15) is 0 Å². The molecule has 0 aliphatic carbocycles. The first-order valence-electron chi connectivity index (χ1n) is 6.05. The monoisotopic (exact) mass is 316 g/mol. The first-order valence-corrected chi connectivity index (χ1v) is 7.22. The summed E-state index contributed by atoms with van der Waals surface area (Å²) in [6.07, 6.45) is 2.45. The minimum absolute atomic E-state index is 0.725. The van der Waals surface area contributed by atoms with Gasteiger partial charge in [0.25, 0.3) is 0 Å². The average molecular weight is 318 g/mol. The van der Waals surface area contributed by atoms with E-state index in [0.717, 1.165) is 41.6 Å². The molecule has 2 N–H and O–H groups in total. The van der Waals surface area contributed by atoms with Gasteiger partial charge in [0.05, 0.1) is 5.02 Å². The molecule has 17 heavy (non-hydrogen) atoms. The van der Waals surface area contributed by atoms with Crippen LogP contribution >= 0.6 is 27.5 Å². The van der Waals surface area contributed by atoms with Crippen LogP contribution < -0.4 is 5.73 Å². The second-order valence-electron chi connectivity index (χ2n) is 4.70. The standard InChI is InChI=1S/C13H18BrClN2/c14-12-7-11(1-2-13(12)15)9-17-5-3-10(8-16)4-6-17/h1-2,7,10H,3-6,8-9,16H2. The molecule has 4 heteroatoms. The quantitative estimate of drug-likeness (QED) is 0.927. The van der Waals surface area contributed by atoms with Crippen molar-refractivity contribution in [2.75, 3.05) is 19.6 Å². The van der Waals surface area contributed by atoms with Crippen molar-refractivity contribution in [2.45, 2.75) is 19.4 Å². The van der Waals surface area contributed by atoms with Crippen molar-refractivity contribution >= 4 is 27.5 Å². The first kappa shape index (κ1) is 13.3. The summed E-state index contributed by atoms with van der Waals surface area (Å²) in [4.78, 5) is 2.49. The molecule has 1 fully saturated rings. The van der Waals surface area contributed by atoms with E-state index in [4.69, 9.17) is 17.3 Å². The Balaban J connectivity index is 1.91. The molecule has 1 aromatic rings. The lowest BCUT2D eigenvalue weighted by molar-refractivity contribution is 0.180. The topological polar surface area (TPSA) is 29.3 Å². The molecule has 1 aromatic carbocycles. The number of likely N-dealkylation sites (tertiary alicyclic amines) is 1. The lowest BCUT2D eigenvalue weighted by atomic mass is 9.97. The number of nitrogens with two attached hydrogens (primary N) is 1. The smallest absolute Gasteiger partial charge is 0.0548 e. The zero-order valence-corrected chi connectivity index (χ0v) is 12.2. The SMILES string of the molecule is NCC1CCN(Cc2ccc(Cl)c(Br)c2)CC1. The van der Waals surface area contributed by atoms with E-state index in [1.165, 1.54) is 18.4 Å². The summed E-state index contributed by atoms with van der Waals surface area (Å²) in [5.74, 6) is 0.725. The van der Waals surface area contributed by atoms with Crippen LogP contribution in [0.25, 0.3) is 0 Å². The molecule has 0 amide bonds. The Kier molecular flexibility index (Phi) is 4.86. The van der Waals surface area contributed by atoms with E-state index in [0.29, 0.717) is 0 Å². The van der Waals surface area contributed by atoms with Gasteiger partial charge in [0.2, 0.25) is 0 Å². The Bertz CT molecular complexity index is 376. The van der Waals surface area contributed by atoms with Gasteiger partial charge >= 0.3 is 0 Å². The fourth-order valence-electron chi connectivity index (χ4n) is 2.28. The number of rotatable bonds is 3. The maximum absolute atomic E-state index is 5.99. The molecule has 0 spiro atoms. The minimum atomic E-state index is 0.725. The summed E-state index contributed by atoms with van der Waals surface area (Å²) >= 11 is 9.45. The van der Waals surface area contributed by atoms with E-state index in [9.17, 15) is 0 Å². The van der Waals surface area contributed by atoms with Crippen LogP contribution in [-0.2, 0) is 6.54 Å². The van der Waals surface area contributed by atoms with Crippen LogP contribution in [-0.4, -0.2) is 24.5 Å². The van der Waals surface area contributed by atoms with Gasteiger partial charge in [-0.05, 0) is 72.0 Å². The fraction of sp³-hybridized carbons (Fsp3) is 0.538. The molecule has 0 radical (unpaired) electrons. The van der Waals surface area contributed by atoms with Crippen LogP contribution in [0, 0.1) is 5.92 Å². The average Bonchev–Trinajstić information content (AvgIpc) is 2.35. The molecule has 94 valence electrons. The largest absolute Gasteiger partial charge is 0.330 e. The summed E-state index contributed by atoms with van der Waals surface area (Å²) in [6, 6.07) is 6.16. The summed E-state index contributed by atoms with van der Waals surface area (Å²) in [5.41, 5.74) is 7.01. The van der Waals surface area contributed by atoms with Crippen LogP contribution in [0.5, 0.6) is 0 Å². The van der Waals surface area contributed by atoms with Gasteiger partial charge < -0.3 is 5.73 Å². The molecule has 2 rings (SSSR count). The second kappa shape index (κ2) is 6.19. The molecule has 0 unspecified atom stereocenters. The summed E-state index contributed by atoms with van der Waals surface area (Å²) < 4.78 is 0.980. The highest BCUT2D eigenvalue weighted by molar-refractivity contribution is 9.10.